The minimum Gasteiger partial charge on any atom is -0.468 e. The minimum atomic E-state index is -1.47. The van der Waals surface area contributed by atoms with E-state index in [1.807, 2.05) is 0 Å². The fourth-order valence-electron chi connectivity index (χ4n) is 3.79. The maximum absolute atomic E-state index is 12.4. The van der Waals surface area contributed by atoms with Crippen LogP contribution in [0.4, 0.5) is 0 Å². The second kappa shape index (κ2) is 19.0. The van der Waals surface area contributed by atoms with Crippen LogP contribution in [0.1, 0.15) is 114 Å². The highest BCUT2D eigenvalue weighted by molar-refractivity contribution is 6.21. The Hall–Kier alpha value is -2.37. The van der Waals surface area contributed by atoms with E-state index in [2.05, 4.69) is 23.8 Å². The zero-order valence-electron chi connectivity index (χ0n) is 21.4. The van der Waals surface area contributed by atoms with Crippen LogP contribution in [0.5, 0.6) is 5.95 Å². The maximum atomic E-state index is 12.4. The van der Waals surface area contributed by atoms with Gasteiger partial charge in [-0.3, -0.25) is 14.4 Å². The highest BCUT2D eigenvalue weighted by Crippen LogP contribution is 2.21. The molecule has 0 N–H and O–H groups in total. The molecule has 0 amide bonds. The lowest BCUT2D eigenvalue weighted by molar-refractivity contribution is -0.146. The average molecular weight is 477 g/mol. The van der Waals surface area contributed by atoms with Crippen LogP contribution in [0.3, 0.4) is 0 Å². The molecule has 0 spiro atoms. The van der Waals surface area contributed by atoms with Crippen LogP contribution in [-0.2, 0) is 14.3 Å². The molecule has 0 aliphatic rings. The maximum Gasteiger partial charge on any atom is 0.324 e. The van der Waals surface area contributed by atoms with E-state index < -0.39 is 23.5 Å². The SMILES string of the molecule is CCCCCCCC/C=C\CCCCCCCCOc1cc(C(=O)C(C(C)=O)C(=O)OC)co1. The summed E-state index contributed by atoms with van der Waals surface area (Å²) in [6.45, 7) is 3.94. The molecule has 1 heterocycles. The fourth-order valence-corrected chi connectivity index (χ4v) is 3.79. The van der Waals surface area contributed by atoms with Crippen molar-refractivity contribution in [3.05, 3.63) is 30.0 Å². The van der Waals surface area contributed by atoms with Crippen molar-refractivity contribution in [1.29, 1.82) is 0 Å². The Bertz CT molecular complexity index is 733. The molecular weight excluding hydrogens is 432 g/mol. The molecule has 1 aromatic rings. The Labute approximate surface area is 205 Å². The Morgan fingerprint density at radius 2 is 1.44 bits per heavy atom. The van der Waals surface area contributed by atoms with E-state index in [1.165, 1.54) is 96.3 Å². The number of ketones is 2. The van der Waals surface area contributed by atoms with Gasteiger partial charge in [-0.2, -0.15) is 0 Å². The normalized spacial score (nSPS) is 12.1. The van der Waals surface area contributed by atoms with Gasteiger partial charge < -0.3 is 13.9 Å². The van der Waals surface area contributed by atoms with Crippen LogP contribution in [0, 0.1) is 5.92 Å². The van der Waals surface area contributed by atoms with E-state index in [-0.39, 0.29) is 11.5 Å². The van der Waals surface area contributed by atoms with E-state index in [0.717, 1.165) is 20.0 Å². The molecule has 0 radical (unpaired) electrons. The number of hydrogen-bond acceptors (Lipinski definition) is 6. The van der Waals surface area contributed by atoms with Crippen molar-refractivity contribution < 1.29 is 28.3 Å². The Kier molecular flexibility index (Phi) is 16.6. The summed E-state index contributed by atoms with van der Waals surface area (Å²) in [7, 11) is 1.14. The molecular formula is C28H44O6. The quantitative estimate of drug-likeness (QED) is 0.0610. The lowest BCUT2D eigenvalue weighted by atomic mass is 9.96. The number of ether oxygens (including phenoxy) is 2. The van der Waals surface area contributed by atoms with Gasteiger partial charge in [-0.1, -0.05) is 76.9 Å². The number of rotatable bonds is 21. The topological polar surface area (TPSA) is 82.8 Å². The van der Waals surface area contributed by atoms with Gasteiger partial charge in [0.05, 0.1) is 19.3 Å². The molecule has 34 heavy (non-hydrogen) atoms. The zero-order chi connectivity index (χ0) is 25.0. The van der Waals surface area contributed by atoms with E-state index in [4.69, 9.17) is 9.15 Å². The lowest BCUT2D eigenvalue weighted by Crippen LogP contribution is -2.31. The minimum absolute atomic E-state index is 0.127. The summed E-state index contributed by atoms with van der Waals surface area (Å²) >= 11 is 0. The van der Waals surface area contributed by atoms with Gasteiger partial charge in [-0.05, 0) is 39.0 Å². The van der Waals surface area contributed by atoms with E-state index >= 15 is 0 Å². The summed E-state index contributed by atoms with van der Waals surface area (Å²) in [5, 5.41) is 0. The van der Waals surface area contributed by atoms with Crippen LogP contribution < -0.4 is 4.74 Å². The highest BCUT2D eigenvalue weighted by atomic mass is 16.6. The van der Waals surface area contributed by atoms with Crippen molar-refractivity contribution in [1.82, 2.24) is 0 Å². The van der Waals surface area contributed by atoms with Crippen molar-refractivity contribution in [3.63, 3.8) is 0 Å². The van der Waals surface area contributed by atoms with E-state index in [0.29, 0.717) is 6.61 Å². The fraction of sp³-hybridized carbons (Fsp3) is 0.679. The number of Topliss-reactive ketones (excluding diaryl/α,β-unsaturated/α-hetero) is 2. The first-order valence-corrected chi connectivity index (χ1v) is 13.0. The summed E-state index contributed by atoms with van der Waals surface area (Å²) < 4.78 is 15.3. The molecule has 0 saturated heterocycles. The Balaban J connectivity index is 2.06. The van der Waals surface area contributed by atoms with Gasteiger partial charge in [-0.25, -0.2) is 0 Å². The molecule has 0 saturated carbocycles. The second-order valence-corrected chi connectivity index (χ2v) is 8.87. The zero-order valence-corrected chi connectivity index (χ0v) is 21.4. The van der Waals surface area contributed by atoms with Crippen molar-refractivity contribution in [2.75, 3.05) is 13.7 Å². The smallest absolute Gasteiger partial charge is 0.324 e. The van der Waals surface area contributed by atoms with Gasteiger partial charge in [0.15, 0.2) is 17.5 Å². The molecule has 0 fully saturated rings. The summed E-state index contributed by atoms with van der Waals surface area (Å²) in [5.41, 5.74) is 0.127. The molecule has 6 nitrogen and oxygen atoms in total. The third kappa shape index (κ3) is 12.8. The lowest BCUT2D eigenvalue weighted by Gasteiger charge is -2.08. The number of carbonyl (C=O) groups is 3. The summed E-state index contributed by atoms with van der Waals surface area (Å²) in [4.78, 5) is 35.7. The predicted octanol–water partition coefficient (Wildman–Crippen LogP) is 7.26. The standard InChI is InChI=1S/C28H44O6/c1-4-5-6-7-8-9-10-11-12-13-14-15-16-17-18-19-20-33-25-21-24(22-34-25)27(30)26(23(2)29)28(31)32-3/h11-12,21-22,26H,4-10,13-20H2,1-3H3/b12-11-. The second-order valence-electron chi connectivity index (χ2n) is 8.87. The number of hydrogen-bond donors (Lipinski definition) is 0. The first-order chi connectivity index (χ1) is 16.5. The van der Waals surface area contributed by atoms with Crippen LogP contribution >= 0.6 is 0 Å². The molecule has 0 aliphatic carbocycles. The molecule has 0 aliphatic heterocycles. The summed E-state index contributed by atoms with van der Waals surface area (Å²) in [5.74, 6) is -3.33. The van der Waals surface area contributed by atoms with E-state index in [1.54, 1.807) is 0 Å². The number of carbonyl (C=O) groups excluding carboxylic acids is 3. The molecule has 0 bridgehead atoms. The van der Waals surface area contributed by atoms with Gasteiger partial charge in [-0.15, -0.1) is 0 Å². The molecule has 192 valence electrons. The van der Waals surface area contributed by atoms with Crippen molar-refractivity contribution in [2.45, 2.75) is 104 Å². The monoisotopic (exact) mass is 476 g/mol. The van der Waals surface area contributed by atoms with Crippen LogP contribution in [0.2, 0.25) is 0 Å². The van der Waals surface area contributed by atoms with Gasteiger partial charge in [0, 0.05) is 6.07 Å². The summed E-state index contributed by atoms with van der Waals surface area (Å²) in [6, 6.07) is 1.42. The van der Waals surface area contributed by atoms with Gasteiger partial charge in [0.1, 0.15) is 6.26 Å². The molecule has 1 unspecified atom stereocenters. The number of unbranched alkanes of at least 4 members (excludes halogenated alkanes) is 12. The average Bonchev–Trinajstić information content (AvgIpc) is 3.29. The third-order valence-electron chi connectivity index (χ3n) is 5.87. The molecule has 0 aromatic carbocycles. The molecule has 6 heteroatoms. The van der Waals surface area contributed by atoms with Gasteiger partial charge in [0.25, 0.3) is 5.95 Å². The highest BCUT2D eigenvalue weighted by Gasteiger charge is 2.33. The van der Waals surface area contributed by atoms with Crippen LogP contribution in [0.15, 0.2) is 28.9 Å². The Morgan fingerprint density at radius 1 is 0.882 bits per heavy atom. The van der Waals surface area contributed by atoms with E-state index in [9.17, 15) is 14.4 Å². The van der Waals surface area contributed by atoms with Crippen LogP contribution in [0.25, 0.3) is 0 Å². The first-order valence-electron chi connectivity index (χ1n) is 13.0. The summed E-state index contributed by atoms with van der Waals surface area (Å²) in [6.07, 6.45) is 23.3. The first kappa shape index (κ1) is 29.7. The third-order valence-corrected chi connectivity index (χ3v) is 5.87. The van der Waals surface area contributed by atoms with Gasteiger partial charge >= 0.3 is 5.97 Å². The molecule has 1 rings (SSSR count). The number of methoxy groups -OCH3 is 1. The van der Waals surface area contributed by atoms with Crippen molar-refractivity contribution in [2.24, 2.45) is 5.92 Å². The Morgan fingerprint density at radius 3 is 2.00 bits per heavy atom. The largest absolute Gasteiger partial charge is 0.468 e. The van der Waals surface area contributed by atoms with Crippen molar-refractivity contribution >= 4 is 17.5 Å². The predicted molar refractivity (Wildman–Crippen MR) is 134 cm³/mol. The van der Waals surface area contributed by atoms with Crippen LogP contribution in [-0.4, -0.2) is 31.3 Å². The number of esters is 1. The van der Waals surface area contributed by atoms with Gasteiger partial charge in [0.2, 0.25) is 0 Å². The number of furan rings is 1. The molecule has 1 atom stereocenters. The number of allylic oxidation sites excluding steroid dienone is 2. The van der Waals surface area contributed by atoms with Crippen molar-refractivity contribution in [3.8, 4) is 5.95 Å². The molecule has 1 aromatic heterocycles.